The van der Waals surface area contributed by atoms with E-state index in [-0.39, 0.29) is 0 Å². The lowest BCUT2D eigenvalue weighted by Gasteiger charge is -2.18. The minimum atomic E-state index is 0.442. The molecule has 90 valence electrons. The predicted molar refractivity (Wildman–Crippen MR) is 64.3 cm³/mol. The number of nitrogens with two attached hydrogens (primary N) is 1. The molecule has 0 aromatic carbocycles. The van der Waals surface area contributed by atoms with Gasteiger partial charge < -0.3 is 10.5 Å². The van der Waals surface area contributed by atoms with Gasteiger partial charge in [-0.1, -0.05) is 6.42 Å². The number of hydrogen-bond donors (Lipinski definition) is 1. The second kappa shape index (κ2) is 5.65. The highest BCUT2D eigenvalue weighted by Crippen LogP contribution is 2.31. The Balaban J connectivity index is 1.96. The quantitative estimate of drug-likeness (QED) is 0.856. The fourth-order valence-corrected chi connectivity index (χ4v) is 2.42. The van der Waals surface area contributed by atoms with Gasteiger partial charge in [-0.3, -0.25) is 0 Å². The number of nitriles is 1. The summed E-state index contributed by atoms with van der Waals surface area (Å²) in [7, 11) is 0. The van der Waals surface area contributed by atoms with E-state index < -0.39 is 0 Å². The number of pyridine rings is 1. The number of nitrogens with zero attached hydrogens (tertiary/aromatic N) is 2. The molecule has 1 aliphatic carbocycles. The van der Waals surface area contributed by atoms with Crippen LogP contribution in [0.4, 0.5) is 0 Å². The Bertz CT molecular complexity index is 413. The van der Waals surface area contributed by atoms with Crippen LogP contribution in [-0.2, 0) is 0 Å². The molecule has 1 saturated carbocycles. The van der Waals surface area contributed by atoms with Gasteiger partial charge in [0, 0.05) is 6.20 Å². The molecular formula is C13H17N3O. The maximum absolute atomic E-state index is 8.92. The molecule has 2 unspecified atom stereocenters. The van der Waals surface area contributed by atoms with Crippen molar-refractivity contribution >= 4 is 0 Å². The number of rotatable bonds is 4. The van der Waals surface area contributed by atoms with Crippen molar-refractivity contribution in [1.82, 2.24) is 4.98 Å². The van der Waals surface area contributed by atoms with E-state index in [0.29, 0.717) is 29.9 Å². The van der Waals surface area contributed by atoms with Crippen LogP contribution >= 0.6 is 0 Å². The Labute approximate surface area is 101 Å². The summed E-state index contributed by atoms with van der Waals surface area (Å²) in [6, 6.07) is 5.54. The minimum absolute atomic E-state index is 0.442. The maximum atomic E-state index is 8.92. The van der Waals surface area contributed by atoms with Gasteiger partial charge in [0.15, 0.2) is 0 Å². The Kier molecular flexibility index (Phi) is 3.94. The van der Waals surface area contributed by atoms with Crippen LogP contribution in [0.1, 0.15) is 24.8 Å². The Hall–Kier alpha value is -1.60. The van der Waals surface area contributed by atoms with Gasteiger partial charge in [0.1, 0.15) is 11.6 Å². The molecule has 1 aromatic heterocycles. The zero-order valence-electron chi connectivity index (χ0n) is 9.80. The first-order valence-electron chi connectivity index (χ1n) is 6.03. The monoisotopic (exact) mass is 231 g/mol. The molecule has 17 heavy (non-hydrogen) atoms. The second-order valence-electron chi connectivity index (χ2n) is 4.47. The highest BCUT2D eigenvalue weighted by atomic mass is 16.5. The third-order valence-corrected chi connectivity index (χ3v) is 3.44. The number of ether oxygens (including phenoxy) is 1. The van der Waals surface area contributed by atoms with E-state index in [1.54, 1.807) is 18.3 Å². The topological polar surface area (TPSA) is 71.9 Å². The fourth-order valence-electron chi connectivity index (χ4n) is 2.42. The zero-order valence-corrected chi connectivity index (χ0v) is 9.80. The van der Waals surface area contributed by atoms with E-state index in [2.05, 4.69) is 11.1 Å². The Morgan fingerprint density at radius 1 is 1.47 bits per heavy atom. The first-order valence-corrected chi connectivity index (χ1v) is 6.03. The molecule has 2 atom stereocenters. The van der Waals surface area contributed by atoms with Gasteiger partial charge in [-0.2, -0.15) is 5.26 Å². The van der Waals surface area contributed by atoms with E-state index in [0.717, 1.165) is 13.0 Å². The Morgan fingerprint density at radius 3 is 3.06 bits per heavy atom. The molecule has 0 bridgehead atoms. The summed E-state index contributed by atoms with van der Waals surface area (Å²) in [5, 5.41) is 8.92. The van der Waals surface area contributed by atoms with Crippen LogP contribution < -0.4 is 10.5 Å². The smallest absolute Gasteiger partial charge is 0.231 e. The van der Waals surface area contributed by atoms with Gasteiger partial charge in [0.2, 0.25) is 5.88 Å². The minimum Gasteiger partial charge on any atom is -0.476 e. The summed E-state index contributed by atoms with van der Waals surface area (Å²) >= 11 is 0. The van der Waals surface area contributed by atoms with E-state index in [9.17, 15) is 0 Å². The first kappa shape index (κ1) is 11.9. The maximum Gasteiger partial charge on any atom is 0.231 e. The molecule has 1 fully saturated rings. The van der Waals surface area contributed by atoms with Crippen LogP contribution in [0.5, 0.6) is 5.88 Å². The lowest BCUT2D eigenvalue weighted by atomic mass is 9.97. The summed E-state index contributed by atoms with van der Waals surface area (Å²) in [5.74, 6) is 1.51. The summed E-state index contributed by atoms with van der Waals surface area (Å²) in [6.07, 6.45) is 5.23. The number of hydrogen-bond acceptors (Lipinski definition) is 4. The van der Waals surface area contributed by atoms with Crippen LogP contribution in [0, 0.1) is 23.2 Å². The lowest BCUT2D eigenvalue weighted by Crippen LogP contribution is -2.23. The molecular weight excluding hydrogens is 214 g/mol. The molecule has 0 spiro atoms. The van der Waals surface area contributed by atoms with Crippen molar-refractivity contribution in [2.45, 2.75) is 19.3 Å². The zero-order chi connectivity index (χ0) is 12.1. The van der Waals surface area contributed by atoms with Gasteiger partial charge in [0.25, 0.3) is 0 Å². The first-order chi connectivity index (χ1) is 8.35. The highest BCUT2D eigenvalue weighted by Gasteiger charge is 2.26. The summed E-state index contributed by atoms with van der Waals surface area (Å²) in [4.78, 5) is 4.09. The second-order valence-corrected chi connectivity index (χ2v) is 4.47. The molecule has 2 N–H and O–H groups in total. The van der Waals surface area contributed by atoms with Gasteiger partial charge in [-0.05, 0) is 43.4 Å². The molecule has 0 radical (unpaired) electrons. The standard InChI is InChI=1S/C13H17N3O/c14-7-10-3-1-4-12(10)9-17-13-11(8-15)5-2-6-16-13/h2,5-6,10,12H,1,3-4,7,9,14H2. The number of aromatic nitrogens is 1. The Morgan fingerprint density at radius 2 is 2.29 bits per heavy atom. The third-order valence-electron chi connectivity index (χ3n) is 3.44. The molecule has 0 amide bonds. The van der Waals surface area contributed by atoms with Crippen LogP contribution in [0.15, 0.2) is 18.3 Å². The van der Waals surface area contributed by atoms with Crippen molar-refractivity contribution in [1.29, 1.82) is 5.26 Å². The average Bonchev–Trinajstić information content (AvgIpc) is 2.84. The average molecular weight is 231 g/mol. The molecule has 2 rings (SSSR count). The van der Waals surface area contributed by atoms with Crippen molar-refractivity contribution in [2.24, 2.45) is 17.6 Å². The van der Waals surface area contributed by atoms with E-state index in [1.165, 1.54) is 12.8 Å². The van der Waals surface area contributed by atoms with Crippen molar-refractivity contribution in [3.05, 3.63) is 23.9 Å². The molecule has 1 heterocycles. The van der Waals surface area contributed by atoms with E-state index >= 15 is 0 Å². The van der Waals surface area contributed by atoms with Crippen LogP contribution in [0.2, 0.25) is 0 Å². The summed E-state index contributed by atoms with van der Waals surface area (Å²) < 4.78 is 5.65. The van der Waals surface area contributed by atoms with Crippen molar-refractivity contribution in [3.63, 3.8) is 0 Å². The lowest BCUT2D eigenvalue weighted by molar-refractivity contribution is 0.210. The molecule has 1 aromatic rings. The highest BCUT2D eigenvalue weighted by molar-refractivity contribution is 5.36. The van der Waals surface area contributed by atoms with Crippen molar-refractivity contribution in [3.8, 4) is 11.9 Å². The van der Waals surface area contributed by atoms with Crippen LogP contribution in [0.25, 0.3) is 0 Å². The van der Waals surface area contributed by atoms with E-state index in [1.807, 2.05) is 0 Å². The van der Waals surface area contributed by atoms with E-state index in [4.69, 9.17) is 15.7 Å². The van der Waals surface area contributed by atoms with Crippen molar-refractivity contribution in [2.75, 3.05) is 13.2 Å². The van der Waals surface area contributed by atoms with Gasteiger partial charge in [-0.25, -0.2) is 4.98 Å². The molecule has 0 saturated heterocycles. The molecule has 4 nitrogen and oxygen atoms in total. The fraction of sp³-hybridized carbons (Fsp3) is 0.538. The van der Waals surface area contributed by atoms with Crippen molar-refractivity contribution < 1.29 is 4.74 Å². The van der Waals surface area contributed by atoms with Crippen LogP contribution in [-0.4, -0.2) is 18.1 Å². The van der Waals surface area contributed by atoms with Gasteiger partial charge in [-0.15, -0.1) is 0 Å². The summed E-state index contributed by atoms with van der Waals surface area (Å²) in [6.45, 7) is 1.34. The molecule has 0 aliphatic heterocycles. The normalized spacial score (nSPS) is 23.3. The van der Waals surface area contributed by atoms with Gasteiger partial charge in [0.05, 0.1) is 6.61 Å². The largest absolute Gasteiger partial charge is 0.476 e. The SMILES string of the molecule is N#Cc1cccnc1OCC1CCCC1CN. The molecule has 1 aliphatic rings. The summed E-state index contributed by atoms with van der Waals surface area (Å²) in [5.41, 5.74) is 6.22. The molecule has 4 heteroatoms. The van der Waals surface area contributed by atoms with Crippen LogP contribution in [0.3, 0.4) is 0 Å². The third kappa shape index (κ3) is 2.75. The van der Waals surface area contributed by atoms with Gasteiger partial charge >= 0.3 is 0 Å². The predicted octanol–water partition coefficient (Wildman–Crippen LogP) is 1.71.